The van der Waals surface area contributed by atoms with Crippen LogP contribution in [-0.4, -0.2) is 61.9 Å². The third kappa shape index (κ3) is 8.09. The number of anilines is 1. The molecule has 3 saturated heterocycles. The van der Waals surface area contributed by atoms with Crippen LogP contribution >= 0.6 is 23.2 Å². The van der Waals surface area contributed by atoms with E-state index in [1.807, 2.05) is 0 Å². The van der Waals surface area contributed by atoms with Gasteiger partial charge in [-0.2, -0.15) is 0 Å². The number of methoxy groups -OCH3 is 2. The average Bonchev–Trinajstić information content (AvgIpc) is 3.12. The molecule has 7 rings (SSSR count). The van der Waals surface area contributed by atoms with E-state index in [2.05, 4.69) is 9.88 Å². The number of fused-ring (bicyclic) bond motifs is 3. The predicted molar refractivity (Wildman–Crippen MR) is 184 cm³/mol. The number of halogens is 3. The molecule has 0 spiro atoms. The summed E-state index contributed by atoms with van der Waals surface area (Å²) in [6, 6.07) is 17.7. The third-order valence-corrected chi connectivity index (χ3v) is 9.76. The molecule has 3 aliphatic rings. The van der Waals surface area contributed by atoms with Crippen molar-refractivity contribution in [2.45, 2.75) is 38.0 Å². The first-order valence-electron chi connectivity index (χ1n) is 16.0. The van der Waals surface area contributed by atoms with Gasteiger partial charge in [-0.1, -0.05) is 41.4 Å². The summed E-state index contributed by atoms with van der Waals surface area (Å²) >= 11 is 12.9. The van der Waals surface area contributed by atoms with Gasteiger partial charge >= 0.3 is 12.1 Å². The van der Waals surface area contributed by atoms with Crippen molar-refractivity contribution >= 4 is 41.0 Å². The first-order valence-corrected chi connectivity index (χ1v) is 16.7. The highest BCUT2D eigenvalue weighted by Crippen LogP contribution is 2.36. The number of piperidine rings is 3. The van der Waals surface area contributed by atoms with Crippen molar-refractivity contribution in [3.8, 4) is 11.5 Å². The second kappa shape index (κ2) is 15.4. The maximum atomic E-state index is 13.8. The minimum absolute atomic E-state index is 0.147. The molecule has 0 unspecified atom stereocenters. The van der Waals surface area contributed by atoms with Gasteiger partial charge in [0, 0.05) is 31.0 Å². The van der Waals surface area contributed by atoms with Crippen LogP contribution in [0.25, 0.3) is 0 Å². The third-order valence-electron chi connectivity index (χ3n) is 9.11. The maximum absolute atomic E-state index is 13.8. The Morgan fingerprint density at radius 1 is 0.939 bits per heavy atom. The minimum atomic E-state index is -0.792. The number of rotatable bonds is 11. The molecule has 9 nitrogen and oxygen atoms in total. The molecule has 49 heavy (non-hydrogen) atoms. The highest BCUT2D eigenvalue weighted by Gasteiger charge is 2.37. The molecule has 3 aliphatic heterocycles. The van der Waals surface area contributed by atoms with Crippen molar-refractivity contribution in [2.24, 2.45) is 5.92 Å². The van der Waals surface area contributed by atoms with Crippen molar-refractivity contribution < 1.29 is 32.9 Å². The zero-order valence-corrected chi connectivity index (χ0v) is 28.6. The van der Waals surface area contributed by atoms with Crippen LogP contribution in [0.2, 0.25) is 10.0 Å². The maximum Gasteiger partial charge on any atom is 0.414 e. The van der Waals surface area contributed by atoms with Crippen LogP contribution in [0, 0.1) is 11.7 Å². The molecule has 0 N–H and O–H groups in total. The number of esters is 1. The molecule has 256 valence electrons. The summed E-state index contributed by atoms with van der Waals surface area (Å²) in [6.07, 6.45) is 3.66. The Bertz CT molecular complexity index is 1760. The number of hydrogen-bond donors (Lipinski definition) is 0. The van der Waals surface area contributed by atoms with Gasteiger partial charge in [0.2, 0.25) is 0 Å². The van der Waals surface area contributed by atoms with E-state index in [-0.39, 0.29) is 19.1 Å². The largest absolute Gasteiger partial charge is 0.493 e. The lowest BCUT2D eigenvalue weighted by Crippen LogP contribution is -2.53. The highest BCUT2D eigenvalue weighted by atomic mass is 35.5. The normalized spacial score (nSPS) is 18.8. The number of amides is 1. The molecule has 3 aromatic carbocycles. The van der Waals surface area contributed by atoms with Crippen molar-refractivity contribution in [1.29, 1.82) is 0 Å². The van der Waals surface area contributed by atoms with E-state index in [1.54, 1.807) is 54.6 Å². The van der Waals surface area contributed by atoms with Crippen molar-refractivity contribution in [1.82, 2.24) is 9.88 Å². The second-order valence-electron chi connectivity index (χ2n) is 12.1. The molecule has 4 aromatic rings. The van der Waals surface area contributed by atoms with Crippen LogP contribution < -0.4 is 14.4 Å². The van der Waals surface area contributed by atoms with E-state index < -0.39 is 24.0 Å². The minimum Gasteiger partial charge on any atom is -0.493 e. The second-order valence-corrected chi connectivity index (χ2v) is 12.9. The lowest BCUT2D eigenvalue weighted by molar-refractivity contribution is -0.0311. The zero-order chi connectivity index (χ0) is 34.5. The Hall–Kier alpha value is -4.38. The number of benzene rings is 3. The number of carbonyl (C=O) groups excluding carboxylic acids is 2. The van der Waals surface area contributed by atoms with E-state index in [0.29, 0.717) is 56.4 Å². The highest BCUT2D eigenvalue weighted by molar-refractivity contribution is 6.35. The fourth-order valence-electron chi connectivity index (χ4n) is 6.34. The van der Waals surface area contributed by atoms with E-state index in [9.17, 15) is 14.0 Å². The molecule has 0 aliphatic carbocycles. The summed E-state index contributed by atoms with van der Waals surface area (Å²) in [4.78, 5) is 35.0. The summed E-state index contributed by atoms with van der Waals surface area (Å²) in [6.45, 7) is 2.91. The van der Waals surface area contributed by atoms with Gasteiger partial charge in [-0.25, -0.2) is 14.0 Å². The molecule has 1 amide bonds. The van der Waals surface area contributed by atoms with E-state index in [0.717, 1.165) is 31.5 Å². The first kappa shape index (κ1) is 34.5. The number of hydrogen-bond acceptors (Lipinski definition) is 8. The van der Waals surface area contributed by atoms with Gasteiger partial charge < -0.3 is 18.9 Å². The van der Waals surface area contributed by atoms with Crippen molar-refractivity contribution in [3.05, 3.63) is 117 Å². The van der Waals surface area contributed by atoms with Gasteiger partial charge in [-0.15, -0.1) is 0 Å². The standard InChI is InChI=1S/C37H36Cl2FN3O6/c1-46-32-12-7-26(17-34(32)47-2)33(18-29-30(38)19-41-20-31(29)39)48-36(44)25-5-3-23(4-6-25)21-43(28-10-8-27(40)9-11-28)37(45)49-35-22-42-15-13-24(35)14-16-42/h3-12,17,19-20,24,33,35H,13-16,18,21-22H2,1-2H3/t33-,35-/m0/s1. The molecule has 2 atom stereocenters. The molecule has 2 bridgehead atoms. The Kier molecular flexibility index (Phi) is 10.9. The van der Waals surface area contributed by atoms with Crippen LogP contribution in [-0.2, 0) is 22.4 Å². The Morgan fingerprint density at radius 2 is 1.61 bits per heavy atom. The summed E-state index contributed by atoms with van der Waals surface area (Å²) in [5, 5.41) is 0.687. The molecule has 3 fully saturated rings. The van der Waals surface area contributed by atoms with Gasteiger partial charge in [0.15, 0.2) is 11.5 Å². The predicted octanol–water partition coefficient (Wildman–Crippen LogP) is 7.92. The Balaban J connectivity index is 1.20. The molecule has 0 saturated carbocycles. The summed E-state index contributed by atoms with van der Waals surface area (Å²) in [7, 11) is 3.06. The van der Waals surface area contributed by atoms with Gasteiger partial charge in [0.25, 0.3) is 0 Å². The van der Waals surface area contributed by atoms with Crippen LogP contribution in [0.4, 0.5) is 14.9 Å². The number of pyridine rings is 1. The number of ether oxygens (including phenoxy) is 4. The van der Waals surface area contributed by atoms with Gasteiger partial charge in [-0.3, -0.25) is 14.8 Å². The van der Waals surface area contributed by atoms with Crippen LogP contribution in [0.1, 0.15) is 46.0 Å². The van der Waals surface area contributed by atoms with E-state index in [4.69, 9.17) is 42.1 Å². The topological polar surface area (TPSA) is 90.4 Å². The summed E-state index contributed by atoms with van der Waals surface area (Å²) in [5.41, 5.74) is 2.75. The first-order chi connectivity index (χ1) is 23.7. The number of carbonyl (C=O) groups is 2. The van der Waals surface area contributed by atoms with Crippen LogP contribution in [0.15, 0.2) is 79.1 Å². The zero-order valence-electron chi connectivity index (χ0n) is 27.1. The van der Waals surface area contributed by atoms with Gasteiger partial charge in [0.1, 0.15) is 18.0 Å². The van der Waals surface area contributed by atoms with E-state index in [1.165, 1.54) is 43.6 Å². The van der Waals surface area contributed by atoms with Crippen molar-refractivity contribution in [3.63, 3.8) is 0 Å². The molecular weight excluding hydrogens is 672 g/mol. The monoisotopic (exact) mass is 707 g/mol. The summed E-state index contributed by atoms with van der Waals surface area (Å²) in [5.74, 6) is 0.342. The molecule has 4 heterocycles. The Labute approximate surface area is 294 Å². The fourth-order valence-corrected chi connectivity index (χ4v) is 6.86. The average molecular weight is 709 g/mol. The fraction of sp³-hybridized carbons (Fsp3) is 0.324. The lowest BCUT2D eigenvalue weighted by atomic mass is 9.86. The molecule has 12 heteroatoms. The lowest BCUT2D eigenvalue weighted by Gasteiger charge is -2.44. The van der Waals surface area contributed by atoms with Gasteiger partial charge in [-0.05, 0) is 97.1 Å². The number of nitrogens with zero attached hydrogens (tertiary/aromatic N) is 3. The van der Waals surface area contributed by atoms with E-state index >= 15 is 0 Å². The molecule has 0 radical (unpaired) electrons. The number of aromatic nitrogens is 1. The quantitative estimate of drug-likeness (QED) is 0.145. The Morgan fingerprint density at radius 3 is 2.22 bits per heavy atom. The molecular formula is C37H36Cl2FN3O6. The van der Waals surface area contributed by atoms with Crippen molar-refractivity contribution in [2.75, 3.05) is 38.8 Å². The van der Waals surface area contributed by atoms with Crippen LogP contribution in [0.5, 0.6) is 11.5 Å². The van der Waals surface area contributed by atoms with Gasteiger partial charge in [0.05, 0.1) is 36.4 Å². The smallest absolute Gasteiger partial charge is 0.414 e. The SMILES string of the molecule is COc1ccc([C@H](Cc2c(Cl)cncc2Cl)OC(=O)c2ccc(CN(C(=O)O[C@H]3CN4CCC3CC4)c3ccc(F)cc3)cc2)cc1OC. The molecule has 1 aromatic heterocycles. The summed E-state index contributed by atoms with van der Waals surface area (Å²) < 4.78 is 36.7. The van der Waals surface area contributed by atoms with Crippen LogP contribution in [0.3, 0.4) is 0 Å².